The lowest BCUT2D eigenvalue weighted by molar-refractivity contribution is 0.295. The first-order chi connectivity index (χ1) is 9.33. The van der Waals surface area contributed by atoms with Gasteiger partial charge in [-0.1, -0.05) is 6.07 Å². The number of fused-ring (bicyclic) bond motifs is 1. The van der Waals surface area contributed by atoms with Gasteiger partial charge in [-0.15, -0.1) is 0 Å². The van der Waals surface area contributed by atoms with Crippen LogP contribution in [0.3, 0.4) is 0 Å². The molecular weight excluding hydrogens is 236 g/mol. The molecule has 2 aromatic rings. The Labute approximate surface area is 113 Å². The largest absolute Gasteiger partial charge is 0.487 e. The molecule has 0 fully saturated rings. The quantitative estimate of drug-likeness (QED) is 0.843. The Bertz CT molecular complexity index is 566. The van der Waals surface area contributed by atoms with Gasteiger partial charge in [-0.25, -0.2) is 0 Å². The highest BCUT2D eigenvalue weighted by Gasteiger charge is 2.16. The molecule has 3 heteroatoms. The monoisotopic (exact) mass is 254 g/mol. The fraction of sp³-hybridized carbons (Fsp3) is 0.375. The van der Waals surface area contributed by atoms with Crippen LogP contribution in [0.1, 0.15) is 35.5 Å². The van der Waals surface area contributed by atoms with Crippen molar-refractivity contribution in [2.45, 2.75) is 39.2 Å². The lowest BCUT2D eigenvalue weighted by Gasteiger charge is -2.19. The first-order valence-corrected chi connectivity index (χ1v) is 6.85. The molecule has 19 heavy (non-hydrogen) atoms. The second-order valence-corrected chi connectivity index (χ2v) is 5.00. The number of aromatic nitrogens is 2. The zero-order chi connectivity index (χ0) is 13.1. The Hall–Kier alpha value is -1.90. The van der Waals surface area contributed by atoms with Crippen molar-refractivity contribution in [3.8, 4) is 5.75 Å². The molecule has 0 unspecified atom stereocenters. The van der Waals surface area contributed by atoms with Crippen LogP contribution in [0.15, 0.2) is 30.5 Å². The van der Waals surface area contributed by atoms with Gasteiger partial charge in [-0.2, -0.15) is 0 Å². The average molecular weight is 254 g/mol. The third-order valence-corrected chi connectivity index (χ3v) is 3.49. The van der Waals surface area contributed by atoms with Crippen LogP contribution < -0.4 is 4.74 Å². The molecule has 0 saturated carbocycles. The number of aryl methyl sites for hydroxylation is 2. The number of pyridine rings is 2. The van der Waals surface area contributed by atoms with Crippen LogP contribution in [0, 0.1) is 6.92 Å². The summed E-state index contributed by atoms with van der Waals surface area (Å²) in [5, 5.41) is 0. The van der Waals surface area contributed by atoms with Gasteiger partial charge in [-0.05, 0) is 44.7 Å². The first kappa shape index (κ1) is 12.2. The summed E-state index contributed by atoms with van der Waals surface area (Å²) in [6.07, 6.45) is 6.43. The van der Waals surface area contributed by atoms with Crippen molar-refractivity contribution >= 4 is 0 Å². The van der Waals surface area contributed by atoms with E-state index in [0.29, 0.717) is 6.61 Å². The number of hydrogen-bond acceptors (Lipinski definition) is 3. The van der Waals surface area contributed by atoms with Gasteiger partial charge in [0.15, 0.2) is 0 Å². The molecule has 0 atom stereocenters. The smallest absolute Gasteiger partial charge is 0.130 e. The fourth-order valence-corrected chi connectivity index (χ4v) is 2.56. The Balaban J connectivity index is 1.82. The zero-order valence-corrected chi connectivity index (χ0v) is 11.2. The van der Waals surface area contributed by atoms with Gasteiger partial charge in [0, 0.05) is 29.2 Å². The predicted octanol–water partition coefficient (Wildman–Crippen LogP) is 3.24. The van der Waals surface area contributed by atoms with Crippen LogP contribution in [0.2, 0.25) is 0 Å². The molecule has 3 nitrogen and oxygen atoms in total. The lowest BCUT2D eigenvalue weighted by atomic mass is 9.95. The molecule has 0 amide bonds. The Kier molecular flexibility index (Phi) is 3.45. The maximum Gasteiger partial charge on any atom is 0.130 e. The molecule has 0 bridgehead atoms. The minimum atomic E-state index is 0.525. The molecule has 0 radical (unpaired) electrons. The van der Waals surface area contributed by atoms with Gasteiger partial charge in [0.25, 0.3) is 0 Å². The van der Waals surface area contributed by atoms with E-state index in [2.05, 4.69) is 9.97 Å². The van der Waals surface area contributed by atoms with Crippen molar-refractivity contribution in [1.82, 2.24) is 9.97 Å². The Morgan fingerprint density at radius 3 is 2.95 bits per heavy atom. The van der Waals surface area contributed by atoms with E-state index in [1.54, 1.807) is 6.20 Å². The first-order valence-electron chi connectivity index (χ1n) is 6.85. The summed E-state index contributed by atoms with van der Waals surface area (Å²) in [4.78, 5) is 8.92. The summed E-state index contributed by atoms with van der Waals surface area (Å²) in [5.74, 6) is 0.993. The second kappa shape index (κ2) is 5.39. The molecule has 2 heterocycles. The standard InChI is InChI=1S/C16H18N2O/c1-12-10-16(14-7-2-3-8-15(14)18-12)19-11-13-6-4-5-9-17-13/h4-6,9-10H,2-3,7-8,11H2,1H3. The molecule has 1 aliphatic carbocycles. The minimum Gasteiger partial charge on any atom is -0.487 e. The van der Waals surface area contributed by atoms with Crippen molar-refractivity contribution in [2.75, 3.05) is 0 Å². The highest BCUT2D eigenvalue weighted by Crippen LogP contribution is 2.29. The molecule has 0 spiro atoms. The van der Waals surface area contributed by atoms with E-state index in [-0.39, 0.29) is 0 Å². The molecule has 0 aliphatic heterocycles. The molecule has 2 aromatic heterocycles. The third-order valence-electron chi connectivity index (χ3n) is 3.49. The molecule has 3 rings (SSSR count). The Morgan fingerprint density at radius 2 is 2.11 bits per heavy atom. The summed E-state index contributed by atoms with van der Waals surface area (Å²) in [7, 11) is 0. The SMILES string of the molecule is Cc1cc(OCc2ccccn2)c2c(n1)CCCC2. The van der Waals surface area contributed by atoms with Crippen LogP contribution >= 0.6 is 0 Å². The average Bonchev–Trinajstić information content (AvgIpc) is 2.45. The number of ether oxygens (including phenoxy) is 1. The summed E-state index contributed by atoms with van der Waals surface area (Å²) < 4.78 is 5.97. The molecule has 0 saturated heterocycles. The van der Waals surface area contributed by atoms with Gasteiger partial charge in [0.2, 0.25) is 0 Å². The lowest BCUT2D eigenvalue weighted by Crippen LogP contribution is -2.10. The number of hydrogen-bond donors (Lipinski definition) is 0. The molecule has 1 aliphatic rings. The molecule has 0 aromatic carbocycles. The van der Waals surface area contributed by atoms with E-state index in [4.69, 9.17) is 4.74 Å². The van der Waals surface area contributed by atoms with Gasteiger partial charge >= 0.3 is 0 Å². The van der Waals surface area contributed by atoms with E-state index in [1.165, 1.54) is 24.1 Å². The van der Waals surface area contributed by atoms with E-state index in [1.807, 2.05) is 31.2 Å². The van der Waals surface area contributed by atoms with Crippen LogP contribution in [0.25, 0.3) is 0 Å². The fourth-order valence-electron chi connectivity index (χ4n) is 2.56. The topological polar surface area (TPSA) is 35.0 Å². The van der Waals surface area contributed by atoms with Crippen LogP contribution in [-0.4, -0.2) is 9.97 Å². The number of rotatable bonds is 3. The predicted molar refractivity (Wildman–Crippen MR) is 74.2 cm³/mol. The molecule has 0 N–H and O–H groups in total. The summed E-state index contributed by atoms with van der Waals surface area (Å²) in [6.45, 7) is 2.55. The van der Waals surface area contributed by atoms with Crippen LogP contribution in [0.4, 0.5) is 0 Å². The minimum absolute atomic E-state index is 0.525. The van der Waals surface area contributed by atoms with E-state index in [0.717, 1.165) is 30.0 Å². The van der Waals surface area contributed by atoms with Crippen LogP contribution in [0.5, 0.6) is 5.75 Å². The van der Waals surface area contributed by atoms with Crippen LogP contribution in [-0.2, 0) is 19.4 Å². The van der Waals surface area contributed by atoms with Crippen molar-refractivity contribution in [3.05, 3.63) is 53.1 Å². The maximum atomic E-state index is 5.97. The van der Waals surface area contributed by atoms with Crippen molar-refractivity contribution < 1.29 is 4.74 Å². The summed E-state index contributed by atoms with van der Waals surface area (Å²) >= 11 is 0. The van der Waals surface area contributed by atoms with Gasteiger partial charge < -0.3 is 4.74 Å². The van der Waals surface area contributed by atoms with Gasteiger partial charge in [-0.3, -0.25) is 9.97 Å². The maximum absolute atomic E-state index is 5.97. The van der Waals surface area contributed by atoms with E-state index < -0.39 is 0 Å². The Morgan fingerprint density at radius 1 is 1.21 bits per heavy atom. The normalized spacial score (nSPS) is 13.9. The highest BCUT2D eigenvalue weighted by molar-refractivity contribution is 5.39. The van der Waals surface area contributed by atoms with Gasteiger partial charge in [0.1, 0.15) is 12.4 Å². The second-order valence-electron chi connectivity index (χ2n) is 5.00. The molecular formula is C16H18N2O. The number of nitrogens with zero attached hydrogens (tertiary/aromatic N) is 2. The third kappa shape index (κ3) is 2.75. The van der Waals surface area contributed by atoms with Crippen molar-refractivity contribution in [3.63, 3.8) is 0 Å². The van der Waals surface area contributed by atoms with E-state index in [9.17, 15) is 0 Å². The zero-order valence-electron chi connectivity index (χ0n) is 11.2. The highest BCUT2D eigenvalue weighted by atomic mass is 16.5. The van der Waals surface area contributed by atoms with Crippen molar-refractivity contribution in [2.24, 2.45) is 0 Å². The molecule has 98 valence electrons. The summed E-state index contributed by atoms with van der Waals surface area (Å²) in [6, 6.07) is 7.94. The summed E-state index contributed by atoms with van der Waals surface area (Å²) in [5.41, 5.74) is 4.52. The van der Waals surface area contributed by atoms with Gasteiger partial charge in [0.05, 0.1) is 5.69 Å². The van der Waals surface area contributed by atoms with Crippen molar-refractivity contribution in [1.29, 1.82) is 0 Å². The van der Waals surface area contributed by atoms with E-state index >= 15 is 0 Å².